The second kappa shape index (κ2) is 5.02. The van der Waals surface area contributed by atoms with Gasteiger partial charge in [-0.3, -0.25) is 4.79 Å². The fourth-order valence-electron chi connectivity index (χ4n) is 1.31. The van der Waals surface area contributed by atoms with E-state index in [9.17, 15) is 13.2 Å². The van der Waals surface area contributed by atoms with Crippen molar-refractivity contribution in [3.8, 4) is 0 Å². The molecule has 88 valence electrons. The van der Waals surface area contributed by atoms with Crippen molar-refractivity contribution < 1.29 is 13.2 Å². The number of carbonyl (C=O) groups excluding carboxylic acids is 1. The molecule has 0 unspecified atom stereocenters. The molecule has 0 bridgehead atoms. The monoisotopic (exact) mass is 235 g/mol. The lowest BCUT2D eigenvalue weighted by molar-refractivity contribution is -0.115. The van der Waals surface area contributed by atoms with Gasteiger partial charge >= 0.3 is 0 Å². The highest BCUT2D eigenvalue weighted by atomic mass is 32.2. The van der Waals surface area contributed by atoms with Gasteiger partial charge in [0.2, 0.25) is 0 Å². The van der Waals surface area contributed by atoms with Crippen LogP contribution >= 0.6 is 0 Å². The molecule has 1 N–H and O–H groups in total. The van der Waals surface area contributed by atoms with Crippen LogP contribution in [0.3, 0.4) is 0 Å². The van der Waals surface area contributed by atoms with Gasteiger partial charge in [0.05, 0.1) is 6.54 Å². The van der Waals surface area contributed by atoms with Crippen LogP contribution in [0.4, 0.5) is 0 Å². The summed E-state index contributed by atoms with van der Waals surface area (Å²) in [6.07, 6.45) is 0. The molecule has 7 heteroatoms. The number of carbonyl (C=O) groups is 1. The first-order valence-corrected chi connectivity index (χ1v) is 6.28. The number of hydrogen-bond donors (Lipinski definition) is 1. The Kier molecular flexibility index (Phi) is 4.21. The molecule has 1 rings (SSSR count). The third-order valence-electron chi connectivity index (χ3n) is 2.31. The maximum Gasteiger partial charge on any atom is 0.279 e. The normalized spacial score (nSPS) is 20.4. The third kappa shape index (κ3) is 3.86. The van der Waals surface area contributed by atoms with Crippen molar-refractivity contribution in [2.45, 2.75) is 6.92 Å². The minimum absolute atomic E-state index is 0.130. The van der Waals surface area contributed by atoms with E-state index in [1.54, 1.807) is 0 Å². The number of likely N-dealkylation sites (N-methyl/N-ethyl adjacent to an activating group) is 1. The van der Waals surface area contributed by atoms with Crippen LogP contribution < -0.4 is 4.72 Å². The Bertz CT molecular complexity index is 320. The summed E-state index contributed by atoms with van der Waals surface area (Å²) in [4.78, 5) is 12.7. The first-order valence-electron chi connectivity index (χ1n) is 4.84. The van der Waals surface area contributed by atoms with Crippen LogP contribution in [0.5, 0.6) is 0 Å². The van der Waals surface area contributed by atoms with Crippen molar-refractivity contribution in [1.29, 1.82) is 0 Å². The molecular weight excluding hydrogens is 218 g/mol. The SMILES string of the molecule is CC(=O)CNS(=O)(=O)N1CCN(C)CC1. The van der Waals surface area contributed by atoms with Gasteiger partial charge in [0.1, 0.15) is 5.78 Å². The predicted octanol–water partition coefficient (Wildman–Crippen LogP) is -1.34. The number of hydrogen-bond acceptors (Lipinski definition) is 4. The van der Waals surface area contributed by atoms with E-state index in [1.807, 2.05) is 7.05 Å². The Labute approximate surface area is 90.4 Å². The Morgan fingerprint density at radius 2 is 1.80 bits per heavy atom. The zero-order chi connectivity index (χ0) is 11.5. The van der Waals surface area contributed by atoms with Crippen LogP contribution in [0.25, 0.3) is 0 Å². The molecule has 0 radical (unpaired) electrons. The van der Waals surface area contributed by atoms with E-state index < -0.39 is 10.2 Å². The van der Waals surface area contributed by atoms with Gasteiger partial charge in [0.15, 0.2) is 0 Å². The van der Waals surface area contributed by atoms with Crippen molar-refractivity contribution in [2.24, 2.45) is 0 Å². The lowest BCUT2D eigenvalue weighted by Gasteiger charge is -2.31. The van der Waals surface area contributed by atoms with Crippen LogP contribution in [0.15, 0.2) is 0 Å². The molecule has 1 aliphatic rings. The van der Waals surface area contributed by atoms with E-state index in [0.717, 1.165) is 13.1 Å². The van der Waals surface area contributed by atoms with E-state index in [4.69, 9.17) is 0 Å². The lowest BCUT2D eigenvalue weighted by atomic mass is 10.4. The van der Waals surface area contributed by atoms with Gasteiger partial charge in [-0.15, -0.1) is 0 Å². The van der Waals surface area contributed by atoms with Gasteiger partial charge in [-0.1, -0.05) is 0 Å². The van der Waals surface area contributed by atoms with Crippen LogP contribution in [-0.2, 0) is 15.0 Å². The second-order valence-electron chi connectivity index (χ2n) is 3.73. The highest BCUT2D eigenvalue weighted by Gasteiger charge is 2.25. The molecule has 0 aromatic heterocycles. The van der Waals surface area contributed by atoms with Gasteiger partial charge in [0, 0.05) is 26.2 Å². The predicted molar refractivity (Wildman–Crippen MR) is 56.7 cm³/mol. The Morgan fingerprint density at radius 1 is 1.27 bits per heavy atom. The lowest BCUT2D eigenvalue weighted by Crippen LogP contribution is -2.51. The van der Waals surface area contributed by atoms with Crippen LogP contribution in [-0.4, -0.2) is 63.2 Å². The average molecular weight is 235 g/mol. The molecule has 15 heavy (non-hydrogen) atoms. The summed E-state index contributed by atoms with van der Waals surface area (Å²) < 4.78 is 26.9. The van der Waals surface area contributed by atoms with Crippen molar-refractivity contribution in [2.75, 3.05) is 39.8 Å². The van der Waals surface area contributed by atoms with Gasteiger partial charge in [-0.2, -0.15) is 17.4 Å². The van der Waals surface area contributed by atoms with Gasteiger partial charge in [0.25, 0.3) is 10.2 Å². The molecule has 1 aliphatic heterocycles. The maximum absolute atomic E-state index is 11.6. The molecule has 1 saturated heterocycles. The van der Waals surface area contributed by atoms with Gasteiger partial charge in [-0.05, 0) is 14.0 Å². The molecule has 0 saturated carbocycles. The summed E-state index contributed by atoms with van der Waals surface area (Å²) in [7, 11) is -1.51. The Hall–Kier alpha value is -0.500. The summed E-state index contributed by atoms with van der Waals surface area (Å²) >= 11 is 0. The zero-order valence-corrected chi connectivity index (χ0v) is 9.88. The Morgan fingerprint density at radius 3 is 2.27 bits per heavy atom. The average Bonchev–Trinajstić information content (AvgIpc) is 2.16. The summed E-state index contributed by atoms with van der Waals surface area (Å²) in [6.45, 7) is 3.62. The first kappa shape index (κ1) is 12.6. The highest BCUT2D eigenvalue weighted by Crippen LogP contribution is 2.03. The molecule has 0 aromatic rings. The fraction of sp³-hybridized carbons (Fsp3) is 0.875. The summed E-state index contributed by atoms with van der Waals surface area (Å²) in [5.41, 5.74) is 0. The quantitative estimate of drug-likeness (QED) is 0.654. The van der Waals surface area contributed by atoms with E-state index in [0.29, 0.717) is 13.1 Å². The van der Waals surface area contributed by atoms with Gasteiger partial charge < -0.3 is 4.90 Å². The van der Waals surface area contributed by atoms with E-state index in [2.05, 4.69) is 9.62 Å². The second-order valence-corrected chi connectivity index (χ2v) is 5.49. The van der Waals surface area contributed by atoms with Crippen molar-refractivity contribution >= 4 is 16.0 Å². The fourth-order valence-corrected chi connectivity index (χ4v) is 2.52. The summed E-state index contributed by atoms with van der Waals surface area (Å²) in [5, 5.41) is 0. The summed E-state index contributed by atoms with van der Waals surface area (Å²) in [6, 6.07) is 0. The number of nitrogens with zero attached hydrogens (tertiary/aromatic N) is 2. The first-order chi connectivity index (χ1) is 6.92. The number of rotatable bonds is 4. The molecule has 1 fully saturated rings. The van der Waals surface area contributed by atoms with Crippen molar-refractivity contribution in [3.63, 3.8) is 0 Å². The molecular formula is C8H17N3O3S. The highest BCUT2D eigenvalue weighted by molar-refractivity contribution is 7.87. The van der Waals surface area contributed by atoms with Gasteiger partial charge in [-0.25, -0.2) is 0 Å². The molecule has 0 atom stereocenters. The number of piperazine rings is 1. The smallest absolute Gasteiger partial charge is 0.279 e. The molecule has 0 aromatic carbocycles. The molecule has 0 aliphatic carbocycles. The Balaban J connectivity index is 2.50. The third-order valence-corrected chi connectivity index (χ3v) is 3.86. The minimum atomic E-state index is -3.47. The van der Waals surface area contributed by atoms with E-state index in [-0.39, 0.29) is 12.3 Å². The van der Waals surface area contributed by atoms with Crippen LogP contribution in [0.1, 0.15) is 6.92 Å². The maximum atomic E-state index is 11.6. The topological polar surface area (TPSA) is 69.7 Å². The van der Waals surface area contributed by atoms with E-state index >= 15 is 0 Å². The van der Waals surface area contributed by atoms with E-state index in [1.165, 1.54) is 11.2 Å². The largest absolute Gasteiger partial charge is 0.304 e. The molecule has 0 spiro atoms. The van der Waals surface area contributed by atoms with Crippen LogP contribution in [0, 0.1) is 0 Å². The standard InChI is InChI=1S/C8H17N3O3S/c1-8(12)7-9-15(13,14)11-5-3-10(2)4-6-11/h9H,3-7H2,1-2H3. The minimum Gasteiger partial charge on any atom is -0.304 e. The molecule has 6 nitrogen and oxygen atoms in total. The van der Waals surface area contributed by atoms with Crippen molar-refractivity contribution in [3.05, 3.63) is 0 Å². The number of nitrogens with one attached hydrogen (secondary N) is 1. The van der Waals surface area contributed by atoms with Crippen molar-refractivity contribution in [1.82, 2.24) is 13.9 Å². The molecule has 0 amide bonds. The number of Topliss-reactive ketones (excluding diaryl/α,β-unsaturated/α-hetero) is 1. The molecule has 1 heterocycles. The zero-order valence-electron chi connectivity index (χ0n) is 9.06. The summed E-state index contributed by atoms with van der Waals surface area (Å²) in [5.74, 6) is -0.187. The van der Waals surface area contributed by atoms with Crippen LogP contribution in [0.2, 0.25) is 0 Å². The number of ketones is 1.